The van der Waals surface area contributed by atoms with Gasteiger partial charge in [0.1, 0.15) is 0 Å². The zero-order valence-corrected chi connectivity index (χ0v) is 23.9. The first kappa shape index (κ1) is 27.9. The summed E-state index contributed by atoms with van der Waals surface area (Å²) in [6.07, 6.45) is 3.07. The normalized spacial score (nSPS) is 14.4. The lowest BCUT2D eigenvalue weighted by Crippen LogP contribution is -2.12. The summed E-state index contributed by atoms with van der Waals surface area (Å²) in [5.41, 5.74) is 7.33. The molecule has 6 heteroatoms. The summed E-state index contributed by atoms with van der Waals surface area (Å²) in [6.45, 7) is 2.27. The largest absolute Gasteiger partial charge is 0.351 e. The molecule has 0 aromatic heterocycles. The number of halogens is 3. The van der Waals surface area contributed by atoms with Gasteiger partial charge in [-0.1, -0.05) is 88.6 Å². The van der Waals surface area contributed by atoms with Crippen molar-refractivity contribution in [3.63, 3.8) is 0 Å². The quantitative estimate of drug-likeness (QED) is 0.151. The van der Waals surface area contributed by atoms with Crippen molar-refractivity contribution in [2.24, 2.45) is 0 Å². The Bertz CT molecular complexity index is 978. The topological polar surface area (TPSA) is 9.23 Å². The standard InChI is InChI=1S/C28H33Cl3OP2/c1-2-23(24-9-3-20(17-29)4-10-24)15-27(25-11-5-21(18-30)6-12-25)16-28(32-34-33)26-13-7-22(19-31)8-14-26/h3-14,23,27-28,34H,2,15-19,33H2,1H3. The van der Waals surface area contributed by atoms with Crippen LogP contribution in [0.15, 0.2) is 72.8 Å². The molecule has 1 nitrogen and oxygen atoms in total. The van der Waals surface area contributed by atoms with E-state index in [1.165, 1.54) is 16.7 Å². The van der Waals surface area contributed by atoms with E-state index in [4.69, 9.17) is 39.3 Å². The van der Waals surface area contributed by atoms with Gasteiger partial charge < -0.3 is 4.52 Å². The fourth-order valence-corrected chi connectivity index (χ4v) is 5.85. The fourth-order valence-electron chi connectivity index (χ4n) is 4.42. The smallest absolute Gasteiger partial charge is 0.0874 e. The molecule has 0 aliphatic rings. The second kappa shape index (κ2) is 14.8. The summed E-state index contributed by atoms with van der Waals surface area (Å²) in [5, 5.41) is 0. The highest BCUT2D eigenvalue weighted by Crippen LogP contribution is 2.42. The van der Waals surface area contributed by atoms with Crippen LogP contribution in [0.3, 0.4) is 0 Å². The maximum Gasteiger partial charge on any atom is 0.0874 e. The summed E-state index contributed by atoms with van der Waals surface area (Å²) >= 11 is 18.1. The zero-order chi connectivity index (χ0) is 24.3. The third-order valence-electron chi connectivity index (χ3n) is 6.49. The maximum absolute atomic E-state index is 6.27. The van der Waals surface area contributed by atoms with Crippen LogP contribution in [0.4, 0.5) is 0 Å². The molecule has 3 rings (SSSR count). The molecule has 0 N–H and O–H groups in total. The van der Waals surface area contributed by atoms with Crippen molar-refractivity contribution in [1.82, 2.24) is 0 Å². The van der Waals surface area contributed by atoms with Gasteiger partial charge in [0.25, 0.3) is 0 Å². The molecule has 3 aromatic rings. The van der Waals surface area contributed by atoms with Gasteiger partial charge in [0.15, 0.2) is 0 Å². The van der Waals surface area contributed by atoms with E-state index < -0.39 is 0 Å². The average molecular weight is 554 g/mol. The lowest BCUT2D eigenvalue weighted by atomic mass is 9.80. The van der Waals surface area contributed by atoms with Crippen LogP contribution in [0, 0.1) is 0 Å². The summed E-state index contributed by atoms with van der Waals surface area (Å²) in [6, 6.07) is 26.1. The number of hydrogen-bond acceptors (Lipinski definition) is 1. The molecule has 0 saturated carbocycles. The molecule has 34 heavy (non-hydrogen) atoms. The van der Waals surface area contributed by atoms with Crippen molar-refractivity contribution in [3.05, 3.63) is 106 Å². The molecule has 0 aliphatic heterocycles. The zero-order valence-electron chi connectivity index (χ0n) is 19.5. The molecule has 5 unspecified atom stereocenters. The predicted octanol–water partition coefficient (Wildman–Crippen LogP) is 10.1. The molecule has 0 heterocycles. The van der Waals surface area contributed by atoms with Crippen molar-refractivity contribution < 1.29 is 4.52 Å². The molecule has 3 aromatic carbocycles. The second-order valence-electron chi connectivity index (χ2n) is 8.62. The van der Waals surface area contributed by atoms with Crippen LogP contribution in [0.1, 0.15) is 77.5 Å². The van der Waals surface area contributed by atoms with E-state index in [0.717, 1.165) is 36.0 Å². The minimum absolute atomic E-state index is 0.0223. The van der Waals surface area contributed by atoms with Gasteiger partial charge in [-0.3, -0.25) is 0 Å². The molecule has 0 amide bonds. The first-order valence-corrected chi connectivity index (χ1v) is 16.0. The second-order valence-corrected chi connectivity index (χ2v) is 10.6. The summed E-state index contributed by atoms with van der Waals surface area (Å²) in [4.78, 5) is 0. The van der Waals surface area contributed by atoms with Crippen LogP contribution < -0.4 is 0 Å². The van der Waals surface area contributed by atoms with E-state index in [-0.39, 0.29) is 6.10 Å². The van der Waals surface area contributed by atoms with E-state index >= 15 is 0 Å². The Kier molecular flexibility index (Phi) is 12.2. The Morgan fingerprint density at radius 2 is 1.06 bits per heavy atom. The van der Waals surface area contributed by atoms with E-state index in [1.54, 1.807) is 0 Å². The lowest BCUT2D eigenvalue weighted by Gasteiger charge is -2.28. The van der Waals surface area contributed by atoms with Gasteiger partial charge in [0, 0.05) is 26.1 Å². The molecule has 0 radical (unpaired) electrons. The predicted molar refractivity (Wildman–Crippen MR) is 155 cm³/mol. The maximum atomic E-state index is 6.27. The summed E-state index contributed by atoms with van der Waals surface area (Å²) in [5.74, 6) is 2.40. The number of rotatable bonds is 13. The van der Waals surface area contributed by atoms with Gasteiger partial charge >= 0.3 is 0 Å². The van der Waals surface area contributed by atoms with Gasteiger partial charge in [0.05, 0.1) is 6.10 Å². The molecule has 0 aliphatic carbocycles. The van der Waals surface area contributed by atoms with E-state index in [2.05, 4.69) is 88.6 Å². The third kappa shape index (κ3) is 7.93. The molecule has 0 fully saturated rings. The number of hydrogen-bond donors (Lipinski definition) is 0. The Morgan fingerprint density at radius 3 is 1.44 bits per heavy atom. The Labute approximate surface area is 223 Å². The van der Waals surface area contributed by atoms with Crippen molar-refractivity contribution in [2.45, 2.75) is 61.8 Å². The Morgan fingerprint density at radius 1 is 0.647 bits per heavy atom. The highest BCUT2D eigenvalue weighted by Gasteiger charge is 2.24. The van der Waals surface area contributed by atoms with Crippen molar-refractivity contribution in [3.8, 4) is 0 Å². The van der Waals surface area contributed by atoms with Crippen LogP contribution >= 0.6 is 52.2 Å². The average Bonchev–Trinajstić information content (AvgIpc) is 2.90. The summed E-state index contributed by atoms with van der Waals surface area (Å²) in [7, 11) is 3.07. The van der Waals surface area contributed by atoms with Crippen LogP contribution in [-0.4, -0.2) is 0 Å². The molecule has 0 saturated heterocycles. The van der Waals surface area contributed by atoms with Crippen LogP contribution in [0.5, 0.6) is 0 Å². The van der Waals surface area contributed by atoms with Crippen molar-refractivity contribution >= 4 is 52.2 Å². The van der Waals surface area contributed by atoms with Gasteiger partial charge in [0.2, 0.25) is 0 Å². The number of benzene rings is 3. The fraction of sp³-hybridized carbons (Fsp3) is 0.357. The molecule has 0 bridgehead atoms. The minimum Gasteiger partial charge on any atom is -0.351 e. The molecule has 0 spiro atoms. The molecular weight excluding hydrogens is 521 g/mol. The highest BCUT2D eigenvalue weighted by molar-refractivity contribution is 8.00. The van der Waals surface area contributed by atoms with E-state index in [0.29, 0.717) is 38.0 Å². The molecule has 5 atom stereocenters. The van der Waals surface area contributed by atoms with Crippen molar-refractivity contribution in [1.29, 1.82) is 0 Å². The monoisotopic (exact) mass is 552 g/mol. The van der Waals surface area contributed by atoms with Crippen LogP contribution in [0.25, 0.3) is 0 Å². The van der Waals surface area contributed by atoms with Gasteiger partial charge in [-0.15, -0.1) is 34.8 Å². The van der Waals surface area contributed by atoms with Crippen LogP contribution in [-0.2, 0) is 22.2 Å². The lowest BCUT2D eigenvalue weighted by molar-refractivity contribution is 0.212. The van der Waals surface area contributed by atoms with Crippen LogP contribution in [0.2, 0.25) is 0 Å². The van der Waals surface area contributed by atoms with Gasteiger partial charge in [-0.2, -0.15) is 0 Å². The van der Waals surface area contributed by atoms with Crippen molar-refractivity contribution in [2.75, 3.05) is 0 Å². The van der Waals surface area contributed by atoms with E-state index in [1.807, 2.05) is 0 Å². The first-order valence-electron chi connectivity index (χ1n) is 11.7. The van der Waals surface area contributed by atoms with E-state index in [9.17, 15) is 0 Å². The summed E-state index contributed by atoms with van der Waals surface area (Å²) < 4.78 is 6.27. The van der Waals surface area contributed by atoms with Gasteiger partial charge in [-0.05, 0) is 64.5 Å². The Hall–Kier alpha value is -0.650. The van der Waals surface area contributed by atoms with Gasteiger partial charge in [-0.25, -0.2) is 0 Å². The number of alkyl halides is 3. The SMILES string of the molecule is CCC(CC(CC(OPP)c1ccc(CCl)cc1)c1ccc(CCl)cc1)c1ccc(CCl)cc1. The highest BCUT2D eigenvalue weighted by atomic mass is 35.5. The third-order valence-corrected chi connectivity index (χ3v) is 8.24. The Balaban J connectivity index is 1.90. The molecule has 182 valence electrons. The minimum atomic E-state index is 0.0223. The first-order chi connectivity index (χ1) is 16.6. The molecular formula is C28H33Cl3OP2.